The zero-order valence-corrected chi connectivity index (χ0v) is 10.0. The first-order chi connectivity index (χ1) is 6.19. The summed E-state index contributed by atoms with van der Waals surface area (Å²) in [6.07, 6.45) is 5.01. The van der Waals surface area contributed by atoms with Crippen molar-refractivity contribution in [3.63, 3.8) is 0 Å². The van der Waals surface area contributed by atoms with Crippen LogP contribution in [0.5, 0.6) is 0 Å². The summed E-state index contributed by atoms with van der Waals surface area (Å²) in [5, 5.41) is 19.2. The van der Waals surface area contributed by atoms with Crippen LogP contribution in [0.4, 0.5) is 0 Å². The van der Waals surface area contributed by atoms with E-state index in [0.29, 0.717) is 6.42 Å². The molecule has 0 saturated heterocycles. The van der Waals surface area contributed by atoms with Crippen molar-refractivity contribution in [3.8, 4) is 0 Å². The maximum absolute atomic E-state index is 9.64. The van der Waals surface area contributed by atoms with Gasteiger partial charge in [-0.2, -0.15) is 0 Å². The van der Waals surface area contributed by atoms with Crippen LogP contribution in [0.3, 0.4) is 0 Å². The van der Waals surface area contributed by atoms with E-state index >= 15 is 0 Å². The lowest BCUT2D eigenvalue weighted by Crippen LogP contribution is -2.36. The highest BCUT2D eigenvalue weighted by atomic mass is 16.3. The standard InChI is InChI=1S/C12H24O2/c1-6-8-11(2,3)9-7-10(13)12(4,5)14/h6,8,10,13-14H,7,9H2,1-5H3. The van der Waals surface area contributed by atoms with Crippen LogP contribution in [-0.2, 0) is 0 Å². The van der Waals surface area contributed by atoms with Gasteiger partial charge < -0.3 is 10.2 Å². The molecule has 0 aromatic rings. The van der Waals surface area contributed by atoms with Gasteiger partial charge >= 0.3 is 0 Å². The average molecular weight is 200 g/mol. The minimum Gasteiger partial charge on any atom is -0.390 e. The molecule has 84 valence electrons. The highest BCUT2D eigenvalue weighted by Gasteiger charge is 2.26. The average Bonchev–Trinajstić information content (AvgIpc) is 1.98. The summed E-state index contributed by atoms with van der Waals surface area (Å²) >= 11 is 0. The number of hydrogen-bond donors (Lipinski definition) is 2. The van der Waals surface area contributed by atoms with Gasteiger partial charge in [0.2, 0.25) is 0 Å². The molecule has 0 radical (unpaired) electrons. The summed E-state index contributed by atoms with van der Waals surface area (Å²) in [6.45, 7) is 9.53. The third-order valence-electron chi connectivity index (χ3n) is 2.50. The molecule has 0 aliphatic heterocycles. The predicted octanol–water partition coefficient (Wildman–Crippen LogP) is 2.50. The van der Waals surface area contributed by atoms with Gasteiger partial charge in [-0.25, -0.2) is 0 Å². The molecule has 1 atom stereocenters. The quantitative estimate of drug-likeness (QED) is 0.669. The highest BCUT2D eigenvalue weighted by molar-refractivity contribution is 4.93. The molecule has 0 aromatic heterocycles. The lowest BCUT2D eigenvalue weighted by Gasteiger charge is -2.28. The molecule has 0 spiro atoms. The van der Waals surface area contributed by atoms with Crippen molar-refractivity contribution in [1.29, 1.82) is 0 Å². The Bertz CT molecular complexity index is 187. The normalized spacial score (nSPS) is 16.2. The van der Waals surface area contributed by atoms with Gasteiger partial charge in [-0.3, -0.25) is 0 Å². The molecular formula is C12H24O2. The number of aliphatic hydroxyl groups is 2. The molecule has 14 heavy (non-hydrogen) atoms. The second-order valence-corrected chi connectivity index (χ2v) is 5.20. The smallest absolute Gasteiger partial charge is 0.0849 e. The molecule has 2 N–H and O–H groups in total. The molecule has 0 aliphatic carbocycles. The van der Waals surface area contributed by atoms with E-state index in [1.165, 1.54) is 0 Å². The Balaban J connectivity index is 4.06. The van der Waals surface area contributed by atoms with Gasteiger partial charge in [-0.05, 0) is 39.0 Å². The van der Waals surface area contributed by atoms with Gasteiger partial charge in [-0.1, -0.05) is 26.0 Å². The number of aliphatic hydroxyl groups excluding tert-OH is 1. The second kappa shape index (κ2) is 4.94. The van der Waals surface area contributed by atoms with Crippen LogP contribution in [0, 0.1) is 5.41 Å². The van der Waals surface area contributed by atoms with E-state index in [1.54, 1.807) is 13.8 Å². The molecule has 0 aromatic carbocycles. The molecule has 2 nitrogen and oxygen atoms in total. The summed E-state index contributed by atoms with van der Waals surface area (Å²) in [7, 11) is 0. The minimum absolute atomic E-state index is 0.0982. The fraction of sp³-hybridized carbons (Fsp3) is 0.833. The van der Waals surface area contributed by atoms with Crippen molar-refractivity contribution in [1.82, 2.24) is 0 Å². The Morgan fingerprint density at radius 2 is 1.71 bits per heavy atom. The molecule has 0 rings (SSSR count). The van der Waals surface area contributed by atoms with E-state index in [0.717, 1.165) is 6.42 Å². The van der Waals surface area contributed by atoms with E-state index in [9.17, 15) is 10.2 Å². The van der Waals surface area contributed by atoms with Gasteiger partial charge in [0.15, 0.2) is 0 Å². The van der Waals surface area contributed by atoms with Crippen LogP contribution in [-0.4, -0.2) is 21.9 Å². The highest BCUT2D eigenvalue weighted by Crippen LogP contribution is 2.27. The summed E-state index contributed by atoms with van der Waals surface area (Å²) in [4.78, 5) is 0. The zero-order valence-electron chi connectivity index (χ0n) is 10.0. The maximum atomic E-state index is 9.64. The lowest BCUT2D eigenvalue weighted by molar-refractivity contribution is -0.0544. The zero-order chi connectivity index (χ0) is 11.4. The third-order valence-corrected chi connectivity index (χ3v) is 2.50. The monoisotopic (exact) mass is 200 g/mol. The summed E-state index contributed by atoms with van der Waals surface area (Å²) < 4.78 is 0. The van der Waals surface area contributed by atoms with Crippen molar-refractivity contribution in [2.24, 2.45) is 5.41 Å². The first-order valence-corrected chi connectivity index (χ1v) is 5.23. The molecule has 0 amide bonds. The molecule has 0 saturated carbocycles. The van der Waals surface area contributed by atoms with Gasteiger partial charge in [0.05, 0.1) is 11.7 Å². The fourth-order valence-corrected chi connectivity index (χ4v) is 1.40. The Hall–Kier alpha value is -0.340. The third kappa shape index (κ3) is 5.40. The van der Waals surface area contributed by atoms with Crippen LogP contribution in [0.15, 0.2) is 12.2 Å². The predicted molar refractivity (Wildman–Crippen MR) is 60.1 cm³/mol. The number of rotatable bonds is 5. The van der Waals surface area contributed by atoms with Crippen LogP contribution in [0.25, 0.3) is 0 Å². The van der Waals surface area contributed by atoms with Crippen LogP contribution < -0.4 is 0 Å². The van der Waals surface area contributed by atoms with Crippen molar-refractivity contribution in [3.05, 3.63) is 12.2 Å². The number of hydrogen-bond acceptors (Lipinski definition) is 2. The largest absolute Gasteiger partial charge is 0.390 e. The second-order valence-electron chi connectivity index (χ2n) is 5.20. The Morgan fingerprint density at radius 3 is 2.07 bits per heavy atom. The minimum atomic E-state index is -0.994. The SMILES string of the molecule is CC=CC(C)(C)CCC(O)C(C)(C)O. The molecule has 0 aliphatic rings. The maximum Gasteiger partial charge on any atom is 0.0849 e. The molecule has 1 unspecified atom stereocenters. The van der Waals surface area contributed by atoms with Crippen LogP contribution in [0.2, 0.25) is 0 Å². The van der Waals surface area contributed by atoms with Gasteiger partial charge in [-0.15, -0.1) is 0 Å². The summed E-state index contributed by atoms with van der Waals surface area (Å²) in [5.41, 5.74) is -0.896. The molecule has 0 bridgehead atoms. The van der Waals surface area contributed by atoms with Crippen molar-refractivity contribution in [2.45, 2.75) is 59.2 Å². The topological polar surface area (TPSA) is 40.5 Å². The van der Waals surface area contributed by atoms with Crippen LogP contribution in [0.1, 0.15) is 47.5 Å². The Morgan fingerprint density at radius 1 is 1.21 bits per heavy atom. The summed E-state index contributed by atoms with van der Waals surface area (Å²) in [5.74, 6) is 0. The fourth-order valence-electron chi connectivity index (χ4n) is 1.40. The van der Waals surface area contributed by atoms with Crippen molar-refractivity contribution < 1.29 is 10.2 Å². The van der Waals surface area contributed by atoms with E-state index < -0.39 is 11.7 Å². The molecule has 2 heteroatoms. The Kier molecular flexibility index (Phi) is 4.82. The lowest BCUT2D eigenvalue weighted by atomic mass is 9.84. The Labute approximate surface area is 87.7 Å². The van der Waals surface area contributed by atoms with Crippen LogP contribution >= 0.6 is 0 Å². The van der Waals surface area contributed by atoms with Gasteiger partial charge in [0.1, 0.15) is 0 Å². The molecule has 0 fully saturated rings. The van der Waals surface area contributed by atoms with E-state index in [2.05, 4.69) is 19.9 Å². The number of allylic oxidation sites excluding steroid dienone is 2. The molecular weight excluding hydrogens is 176 g/mol. The van der Waals surface area contributed by atoms with Gasteiger partial charge in [0, 0.05) is 0 Å². The summed E-state index contributed by atoms with van der Waals surface area (Å²) in [6, 6.07) is 0. The van der Waals surface area contributed by atoms with Gasteiger partial charge in [0.25, 0.3) is 0 Å². The van der Waals surface area contributed by atoms with E-state index in [4.69, 9.17) is 0 Å². The van der Waals surface area contributed by atoms with E-state index in [-0.39, 0.29) is 5.41 Å². The van der Waals surface area contributed by atoms with E-state index in [1.807, 2.05) is 13.0 Å². The van der Waals surface area contributed by atoms with Crippen molar-refractivity contribution >= 4 is 0 Å². The first-order valence-electron chi connectivity index (χ1n) is 5.23. The molecule has 0 heterocycles. The first kappa shape index (κ1) is 13.7. The van der Waals surface area contributed by atoms with Crippen molar-refractivity contribution in [2.75, 3.05) is 0 Å².